The fraction of sp³-hybridized carbons (Fsp3) is 0.241. The maximum atomic E-state index is 13.6. The van der Waals surface area contributed by atoms with E-state index in [4.69, 9.17) is 21.1 Å². The average molecular weight is 520 g/mol. The van der Waals surface area contributed by atoms with Crippen molar-refractivity contribution in [3.63, 3.8) is 0 Å². The van der Waals surface area contributed by atoms with Crippen molar-refractivity contribution in [2.75, 3.05) is 13.2 Å². The molecule has 1 aromatic heterocycles. The Morgan fingerprint density at radius 3 is 2.53 bits per heavy atom. The summed E-state index contributed by atoms with van der Waals surface area (Å²) in [7, 11) is 0. The molecule has 2 aliphatic rings. The minimum Gasteiger partial charge on any atom is -0.490 e. The number of ketones is 1. The summed E-state index contributed by atoms with van der Waals surface area (Å²) >= 11 is 7.82. The van der Waals surface area contributed by atoms with Gasteiger partial charge in [0.15, 0.2) is 5.78 Å². The lowest BCUT2D eigenvalue weighted by atomic mass is 9.72. The van der Waals surface area contributed by atoms with Crippen LogP contribution < -0.4 is 10.1 Å². The number of hydrogen-bond acceptors (Lipinski definition) is 6. The lowest BCUT2D eigenvalue weighted by Gasteiger charge is -2.36. The van der Waals surface area contributed by atoms with Crippen LogP contribution in [0.3, 0.4) is 0 Å². The number of benzene rings is 2. The Bertz CT molecular complexity index is 1310. The van der Waals surface area contributed by atoms with Crippen LogP contribution in [0.2, 0.25) is 5.02 Å². The number of rotatable bonds is 7. The van der Waals surface area contributed by atoms with Crippen molar-refractivity contribution >= 4 is 34.7 Å². The second-order valence-electron chi connectivity index (χ2n) is 8.88. The molecule has 2 heterocycles. The summed E-state index contributed by atoms with van der Waals surface area (Å²) in [6.45, 7) is 2.19. The van der Waals surface area contributed by atoms with Gasteiger partial charge in [0.1, 0.15) is 19.0 Å². The summed E-state index contributed by atoms with van der Waals surface area (Å²) in [6.07, 6.45) is 1.13. The molecule has 184 valence electrons. The summed E-state index contributed by atoms with van der Waals surface area (Å²) in [5, 5.41) is 6.02. The molecule has 7 heteroatoms. The van der Waals surface area contributed by atoms with Crippen molar-refractivity contribution in [3.05, 3.63) is 110 Å². The number of esters is 1. The molecule has 0 radical (unpaired) electrons. The number of carbonyl (C=O) groups is 2. The molecule has 2 atom stereocenters. The first-order valence-corrected chi connectivity index (χ1v) is 13.1. The first-order chi connectivity index (χ1) is 17.5. The van der Waals surface area contributed by atoms with Crippen LogP contribution in [-0.2, 0) is 14.3 Å². The van der Waals surface area contributed by atoms with Crippen LogP contribution in [0, 0.1) is 0 Å². The van der Waals surface area contributed by atoms with E-state index in [1.165, 1.54) is 4.88 Å². The minimum absolute atomic E-state index is 0.0484. The fourth-order valence-electron chi connectivity index (χ4n) is 4.91. The van der Waals surface area contributed by atoms with E-state index in [1.54, 1.807) is 23.5 Å². The second kappa shape index (κ2) is 10.7. The summed E-state index contributed by atoms with van der Waals surface area (Å²) in [5.74, 6) is -0.0854. The van der Waals surface area contributed by atoms with Crippen molar-refractivity contribution < 1.29 is 19.1 Å². The van der Waals surface area contributed by atoms with E-state index >= 15 is 0 Å². The van der Waals surface area contributed by atoms with Crippen molar-refractivity contribution in [1.29, 1.82) is 0 Å². The van der Waals surface area contributed by atoms with Gasteiger partial charge in [-0.1, -0.05) is 48.0 Å². The number of nitrogens with one attached hydrogen (secondary N) is 1. The quantitative estimate of drug-likeness (QED) is 0.289. The SMILES string of the molecule is CC1=C(C(=O)OCCOc2ccccc2)[C@@H](c2ccc(Cl)cc2)C2=C(C[C@@H](c3cccs3)CC2=O)N1. The van der Waals surface area contributed by atoms with Crippen molar-refractivity contribution in [2.45, 2.75) is 31.6 Å². The zero-order valence-corrected chi connectivity index (χ0v) is 21.4. The highest BCUT2D eigenvalue weighted by Crippen LogP contribution is 2.46. The molecule has 0 unspecified atom stereocenters. The molecule has 1 aliphatic carbocycles. The van der Waals surface area contributed by atoms with E-state index in [1.807, 2.05) is 60.8 Å². The molecule has 2 aromatic carbocycles. The number of carbonyl (C=O) groups excluding carboxylic acids is 2. The monoisotopic (exact) mass is 519 g/mol. The molecular weight excluding hydrogens is 494 g/mol. The zero-order valence-electron chi connectivity index (χ0n) is 19.8. The van der Waals surface area contributed by atoms with Crippen LogP contribution in [0.15, 0.2) is 94.7 Å². The van der Waals surface area contributed by atoms with Gasteiger partial charge in [-0.15, -0.1) is 11.3 Å². The summed E-state index contributed by atoms with van der Waals surface area (Å²) in [4.78, 5) is 28.1. The maximum absolute atomic E-state index is 13.6. The molecule has 1 aliphatic heterocycles. The van der Waals surface area contributed by atoms with Crippen LogP contribution in [0.25, 0.3) is 0 Å². The highest BCUT2D eigenvalue weighted by atomic mass is 35.5. The molecule has 0 spiro atoms. The topological polar surface area (TPSA) is 64.6 Å². The largest absolute Gasteiger partial charge is 0.490 e. The van der Waals surface area contributed by atoms with Gasteiger partial charge in [0.05, 0.1) is 5.57 Å². The highest BCUT2D eigenvalue weighted by molar-refractivity contribution is 7.10. The van der Waals surface area contributed by atoms with Crippen molar-refractivity contribution in [3.8, 4) is 5.75 Å². The predicted molar refractivity (Wildman–Crippen MR) is 141 cm³/mol. The Balaban J connectivity index is 1.40. The fourth-order valence-corrected chi connectivity index (χ4v) is 5.87. The van der Waals surface area contributed by atoms with Crippen LogP contribution >= 0.6 is 22.9 Å². The third-order valence-corrected chi connectivity index (χ3v) is 7.81. The van der Waals surface area contributed by atoms with E-state index < -0.39 is 11.9 Å². The third-order valence-electron chi connectivity index (χ3n) is 6.52. The Morgan fingerprint density at radius 2 is 1.81 bits per heavy atom. The molecule has 0 bridgehead atoms. The number of hydrogen-bond donors (Lipinski definition) is 1. The Kier molecular flexibility index (Phi) is 7.25. The summed E-state index contributed by atoms with van der Waals surface area (Å²) < 4.78 is 11.3. The molecule has 5 nitrogen and oxygen atoms in total. The first kappa shape index (κ1) is 24.3. The number of dihydropyridines is 1. The van der Waals surface area contributed by atoms with Crippen LogP contribution in [0.4, 0.5) is 0 Å². The maximum Gasteiger partial charge on any atom is 0.336 e. The molecule has 36 heavy (non-hydrogen) atoms. The number of allylic oxidation sites excluding steroid dienone is 3. The zero-order chi connectivity index (χ0) is 25.1. The first-order valence-electron chi connectivity index (χ1n) is 11.9. The van der Waals surface area contributed by atoms with Gasteiger partial charge >= 0.3 is 5.97 Å². The number of para-hydroxylation sites is 1. The van der Waals surface area contributed by atoms with Gasteiger partial charge in [-0.05, 0) is 54.6 Å². The van der Waals surface area contributed by atoms with E-state index in [0.717, 1.165) is 17.7 Å². The molecule has 0 amide bonds. The Hall–Kier alpha value is -3.35. The van der Waals surface area contributed by atoms with Gasteiger partial charge in [-0.25, -0.2) is 4.79 Å². The predicted octanol–water partition coefficient (Wildman–Crippen LogP) is 6.39. The third kappa shape index (κ3) is 5.11. The lowest BCUT2D eigenvalue weighted by Crippen LogP contribution is -2.36. The van der Waals surface area contributed by atoms with Crippen LogP contribution in [-0.4, -0.2) is 25.0 Å². The molecule has 1 N–H and O–H groups in total. The second-order valence-corrected chi connectivity index (χ2v) is 10.3. The molecule has 0 fully saturated rings. The number of ether oxygens (including phenoxy) is 2. The number of thiophene rings is 1. The Morgan fingerprint density at radius 1 is 1.03 bits per heavy atom. The summed E-state index contributed by atoms with van der Waals surface area (Å²) in [6, 6.07) is 20.8. The van der Waals surface area contributed by atoms with Gasteiger partial charge < -0.3 is 14.8 Å². The molecular formula is C29H26ClNO4S. The Labute approximate surface area is 219 Å². The normalized spacial score (nSPS) is 19.6. The van der Waals surface area contributed by atoms with Gasteiger partial charge in [0, 0.05) is 45.1 Å². The van der Waals surface area contributed by atoms with Crippen LogP contribution in [0.5, 0.6) is 5.75 Å². The number of halogens is 1. The van der Waals surface area contributed by atoms with Crippen molar-refractivity contribution in [1.82, 2.24) is 5.32 Å². The molecule has 0 saturated carbocycles. The minimum atomic E-state index is -0.516. The summed E-state index contributed by atoms with van der Waals surface area (Å²) in [5.41, 5.74) is 3.50. The average Bonchev–Trinajstić information content (AvgIpc) is 3.42. The van der Waals surface area contributed by atoms with Crippen molar-refractivity contribution in [2.24, 2.45) is 0 Å². The van der Waals surface area contributed by atoms with E-state index in [9.17, 15) is 9.59 Å². The van der Waals surface area contributed by atoms with E-state index in [-0.39, 0.29) is 24.9 Å². The smallest absolute Gasteiger partial charge is 0.336 e. The van der Waals surface area contributed by atoms with Gasteiger partial charge in [0.2, 0.25) is 0 Å². The standard InChI is InChI=1S/C29H26ClNO4S/c1-18-26(29(33)35-14-13-34-22-6-3-2-4-7-22)27(19-9-11-21(30)12-10-19)28-23(31-18)16-20(17-24(28)32)25-8-5-15-36-25/h2-12,15,20,27,31H,13-14,16-17H2,1H3/t20-,27-/m1/s1. The van der Waals surface area contributed by atoms with Crippen LogP contribution in [0.1, 0.15) is 42.0 Å². The lowest BCUT2D eigenvalue weighted by molar-refractivity contribution is -0.140. The van der Waals surface area contributed by atoms with E-state index in [2.05, 4.69) is 11.4 Å². The number of Topliss-reactive ketones (excluding diaryl/α,β-unsaturated/α-hetero) is 1. The molecule has 5 rings (SSSR count). The van der Waals surface area contributed by atoms with Gasteiger partial charge in [0.25, 0.3) is 0 Å². The van der Waals surface area contributed by atoms with Gasteiger partial charge in [-0.3, -0.25) is 4.79 Å². The molecule has 3 aromatic rings. The molecule has 0 saturated heterocycles. The van der Waals surface area contributed by atoms with E-state index in [0.29, 0.717) is 34.0 Å². The highest BCUT2D eigenvalue weighted by Gasteiger charge is 2.41. The van der Waals surface area contributed by atoms with Gasteiger partial charge in [-0.2, -0.15) is 0 Å².